The lowest BCUT2D eigenvalue weighted by Crippen LogP contribution is -2.29. The second-order valence-corrected chi connectivity index (χ2v) is 7.86. The molecule has 8 nitrogen and oxygen atoms in total. The van der Waals surface area contributed by atoms with Crippen LogP contribution in [0.4, 0.5) is 5.69 Å². The minimum atomic E-state index is -0.956. The molecule has 1 atom stereocenters. The Hall–Kier alpha value is -4.20. The van der Waals surface area contributed by atoms with E-state index in [1.54, 1.807) is 56.5 Å². The molecule has 2 aliphatic heterocycles. The third-order valence-electron chi connectivity index (χ3n) is 5.89. The summed E-state index contributed by atoms with van der Waals surface area (Å²) in [5, 5.41) is 11.3. The highest BCUT2D eigenvalue weighted by molar-refractivity contribution is 6.51. The monoisotopic (exact) mass is 447 g/mol. The number of ether oxygens (including phenoxy) is 3. The largest absolute Gasteiger partial charge is 0.507 e. The maximum absolute atomic E-state index is 13.2. The van der Waals surface area contributed by atoms with Crippen LogP contribution in [0.25, 0.3) is 5.76 Å². The number of aliphatic hydroxyl groups is 1. The van der Waals surface area contributed by atoms with Gasteiger partial charge < -0.3 is 23.7 Å². The van der Waals surface area contributed by atoms with Crippen molar-refractivity contribution in [2.24, 2.45) is 0 Å². The lowest BCUT2D eigenvalue weighted by atomic mass is 9.95. The third-order valence-corrected chi connectivity index (χ3v) is 5.89. The molecule has 2 aliphatic rings. The van der Waals surface area contributed by atoms with Crippen molar-refractivity contribution in [3.63, 3.8) is 0 Å². The van der Waals surface area contributed by atoms with Crippen molar-refractivity contribution in [2.45, 2.75) is 19.9 Å². The van der Waals surface area contributed by atoms with Gasteiger partial charge in [-0.25, -0.2) is 0 Å². The molecular weight excluding hydrogens is 426 g/mol. The Bertz CT molecular complexity index is 1310. The summed E-state index contributed by atoms with van der Waals surface area (Å²) in [7, 11) is 1.56. The van der Waals surface area contributed by atoms with Gasteiger partial charge in [0, 0.05) is 17.3 Å². The van der Waals surface area contributed by atoms with Crippen LogP contribution in [0, 0.1) is 13.8 Å². The first-order valence-corrected chi connectivity index (χ1v) is 10.3. The maximum atomic E-state index is 13.2. The molecule has 0 aliphatic carbocycles. The average Bonchev–Trinajstić information content (AvgIpc) is 3.54. The van der Waals surface area contributed by atoms with E-state index in [-0.39, 0.29) is 18.1 Å². The highest BCUT2D eigenvalue weighted by atomic mass is 16.7. The van der Waals surface area contributed by atoms with Gasteiger partial charge in [-0.1, -0.05) is 0 Å². The van der Waals surface area contributed by atoms with E-state index in [4.69, 9.17) is 18.6 Å². The van der Waals surface area contributed by atoms with Crippen molar-refractivity contribution in [3.8, 4) is 17.2 Å². The number of nitrogens with zero attached hydrogens (tertiary/aromatic N) is 1. The van der Waals surface area contributed by atoms with Crippen LogP contribution in [0.15, 0.2) is 58.7 Å². The van der Waals surface area contributed by atoms with Gasteiger partial charge in [-0.15, -0.1) is 0 Å². The number of carbonyl (C=O) groups excluding carboxylic acids is 2. The molecule has 5 rings (SSSR count). The molecule has 8 heteroatoms. The molecule has 1 unspecified atom stereocenters. The number of hydrogen-bond donors (Lipinski definition) is 1. The van der Waals surface area contributed by atoms with Crippen LogP contribution in [0.2, 0.25) is 0 Å². The number of Topliss-reactive ketones (excluding diaryl/α,β-unsaturated/α-hetero) is 1. The van der Waals surface area contributed by atoms with Crippen molar-refractivity contribution >= 4 is 23.1 Å². The highest BCUT2D eigenvalue weighted by Gasteiger charge is 2.48. The first-order valence-electron chi connectivity index (χ1n) is 10.3. The van der Waals surface area contributed by atoms with Gasteiger partial charge in [0.2, 0.25) is 6.79 Å². The van der Waals surface area contributed by atoms with Gasteiger partial charge in [-0.05, 0) is 61.4 Å². The van der Waals surface area contributed by atoms with Crippen LogP contribution in [0.1, 0.15) is 28.5 Å². The number of rotatable bonds is 4. The minimum absolute atomic E-state index is 0.0553. The summed E-state index contributed by atoms with van der Waals surface area (Å²) in [5.41, 5.74) is 2.28. The van der Waals surface area contributed by atoms with Crippen LogP contribution < -0.4 is 19.1 Å². The van der Waals surface area contributed by atoms with Crippen LogP contribution in [0.3, 0.4) is 0 Å². The zero-order chi connectivity index (χ0) is 23.3. The Kier molecular flexibility index (Phi) is 4.85. The molecule has 0 saturated carbocycles. The van der Waals surface area contributed by atoms with Crippen molar-refractivity contribution in [1.82, 2.24) is 0 Å². The SMILES string of the molecule is COc1cc(C)c(/C(O)=C2/C(=O)C(=O)N(c3ccc4c(c3)OCO4)C2c2ccco2)cc1C. The van der Waals surface area contributed by atoms with Gasteiger partial charge in [0.05, 0.1) is 18.9 Å². The summed E-state index contributed by atoms with van der Waals surface area (Å²) in [6, 6.07) is 10.9. The Morgan fingerprint density at radius 1 is 1.06 bits per heavy atom. The maximum Gasteiger partial charge on any atom is 0.300 e. The van der Waals surface area contributed by atoms with Crippen molar-refractivity contribution < 1.29 is 33.3 Å². The first-order chi connectivity index (χ1) is 15.9. The van der Waals surface area contributed by atoms with Gasteiger partial charge in [0.25, 0.3) is 11.7 Å². The molecule has 3 heterocycles. The number of amides is 1. The second-order valence-electron chi connectivity index (χ2n) is 7.86. The zero-order valence-electron chi connectivity index (χ0n) is 18.2. The predicted molar refractivity (Wildman–Crippen MR) is 119 cm³/mol. The van der Waals surface area contributed by atoms with Crippen LogP contribution >= 0.6 is 0 Å². The molecule has 0 radical (unpaired) electrons. The van der Waals surface area contributed by atoms with Gasteiger partial charge in [-0.2, -0.15) is 0 Å². The minimum Gasteiger partial charge on any atom is -0.507 e. The van der Waals surface area contributed by atoms with E-state index in [0.29, 0.717) is 39.8 Å². The molecule has 1 N–H and O–H groups in total. The van der Waals surface area contributed by atoms with E-state index in [1.165, 1.54) is 11.2 Å². The zero-order valence-corrected chi connectivity index (χ0v) is 18.2. The predicted octanol–water partition coefficient (Wildman–Crippen LogP) is 4.26. The Morgan fingerprint density at radius 3 is 2.58 bits per heavy atom. The normalized spacial score (nSPS) is 18.8. The van der Waals surface area contributed by atoms with Crippen LogP contribution in [-0.2, 0) is 9.59 Å². The number of aliphatic hydroxyl groups excluding tert-OH is 1. The number of fused-ring (bicyclic) bond motifs is 1. The lowest BCUT2D eigenvalue weighted by Gasteiger charge is -2.23. The number of hydrogen-bond acceptors (Lipinski definition) is 7. The first kappa shape index (κ1) is 20.7. The van der Waals surface area contributed by atoms with Crippen molar-refractivity contribution in [3.05, 3.63) is 76.8 Å². The smallest absolute Gasteiger partial charge is 0.300 e. The molecule has 0 spiro atoms. The highest BCUT2D eigenvalue weighted by Crippen LogP contribution is 2.45. The number of ketones is 1. The molecular formula is C25H21NO7. The van der Waals surface area contributed by atoms with Gasteiger partial charge in [-0.3, -0.25) is 14.5 Å². The standard InChI is InChI=1S/C25H21NO7/c1-13-10-19(30-3)14(2)9-16(13)23(27)21-22(18-5-4-8-31-18)26(25(29)24(21)28)15-6-7-17-20(11-15)33-12-32-17/h4-11,22,27H,12H2,1-3H3/b23-21-. The van der Waals surface area contributed by atoms with Crippen LogP contribution in [-0.4, -0.2) is 30.7 Å². The number of furan rings is 1. The van der Waals surface area contributed by atoms with Gasteiger partial charge >= 0.3 is 0 Å². The second kappa shape index (κ2) is 7.74. The molecule has 33 heavy (non-hydrogen) atoms. The topological polar surface area (TPSA) is 98.4 Å². The quantitative estimate of drug-likeness (QED) is 0.362. The lowest BCUT2D eigenvalue weighted by molar-refractivity contribution is -0.132. The molecule has 0 bridgehead atoms. The number of benzene rings is 2. The molecule has 1 amide bonds. The summed E-state index contributed by atoms with van der Waals surface area (Å²) in [6.45, 7) is 3.71. The Labute approximate surface area is 189 Å². The molecule has 1 aromatic heterocycles. The molecule has 3 aromatic rings. The molecule has 2 aromatic carbocycles. The van der Waals surface area contributed by atoms with Crippen molar-refractivity contribution in [1.29, 1.82) is 0 Å². The molecule has 1 saturated heterocycles. The van der Waals surface area contributed by atoms with E-state index in [9.17, 15) is 14.7 Å². The van der Waals surface area contributed by atoms with E-state index in [0.717, 1.165) is 5.56 Å². The fraction of sp³-hybridized carbons (Fsp3) is 0.200. The van der Waals surface area contributed by atoms with E-state index < -0.39 is 17.7 Å². The van der Waals surface area contributed by atoms with Gasteiger partial charge in [0.1, 0.15) is 23.3 Å². The summed E-state index contributed by atoms with van der Waals surface area (Å²) in [5.74, 6) is 0.160. The summed E-state index contributed by atoms with van der Waals surface area (Å²) >= 11 is 0. The van der Waals surface area contributed by atoms with E-state index in [2.05, 4.69) is 0 Å². The average molecular weight is 447 g/mol. The summed E-state index contributed by atoms with van der Waals surface area (Å²) in [4.78, 5) is 27.7. The van der Waals surface area contributed by atoms with Gasteiger partial charge in [0.15, 0.2) is 11.5 Å². The Balaban J connectivity index is 1.70. The number of anilines is 1. The number of aryl methyl sites for hydroxylation is 2. The Morgan fingerprint density at radius 2 is 1.85 bits per heavy atom. The number of carbonyl (C=O) groups is 2. The third kappa shape index (κ3) is 3.22. The van der Waals surface area contributed by atoms with E-state index in [1.807, 2.05) is 6.92 Å². The summed E-state index contributed by atoms with van der Waals surface area (Å²) in [6.07, 6.45) is 1.46. The van der Waals surface area contributed by atoms with E-state index >= 15 is 0 Å². The molecule has 168 valence electrons. The van der Waals surface area contributed by atoms with Crippen LogP contribution in [0.5, 0.6) is 17.2 Å². The number of methoxy groups -OCH3 is 1. The summed E-state index contributed by atoms with van der Waals surface area (Å²) < 4.78 is 21.7. The van der Waals surface area contributed by atoms with Crippen molar-refractivity contribution in [2.75, 3.05) is 18.8 Å². The fourth-order valence-electron chi connectivity index (χ4n) is 4.26. The molecule has 1 fully saturated rings. The fourth-order valence-corrected chi connectivity index (χ4v) is 4.26.